The minimum absolute atomic E-state index is 0.109. The number of hydrogen-bond donors (Lipinski definition) is 1. The Morgan fingerprint density at radius 2 is 2.07 bits per heavy atom. The Hall–Kier alpha value is -2.56. The number of rotatable bonds is 5. The van der Waals surface area contributed by atoms with Crippen LogP contribution in [0.3, 0.4) is 0 Å². The molecule has 0 amide bonds. The van der Waals surface area contributed by atoms with Gasteiger partial charge in [0.25, 0.3) is 0 Å². The highest BCUT2D eigenvalue weighted by atomic mass is 16.5. The highest BCUT2D eigenvalue weighted by molar-refractivity contribution is 5.88. The second-order valence-corrected chi connectivity index (χ2v) is 8.59. The van der Waals surface area contributed by atoms with Crippen LogP contribution in [0.4, 0.5) is 0 Å². The van der Waals surface area contributed by atoms with Crippen LogP contribution in [0.5, 0.6) is 5.75 Å². The summed E-state index contributed by atoms with van der Waals surface area (Å²) in [6.45, 7) is 2.90. The van der Waals surface area contributed by atoms with Crippen LogP contribution in [0.1, 0.15) is 60.5 Å². The first-order valence-corrected chi connectivity index (χ1v) is 10.3. The number of nitrogens with zero attached hydrogens (tertiary/aromatic N) is 1. The number of carbonyl (C=O) groups is 1. The molecule has 28 heavy (non-hydrogen) atoms. The number of pyridine rings is 1. The molecule has 5 heteroatoms. The van der Waals surface area contributed by atoms with Gasteiger partial charge in [0.1, 0.15) is 11.3 Å². The maximum atomic E-state index is 12.4. The van der Waals surface area contributed by atoms with Crippen LogP contribution in [-0.2, 0) is 18.4 Å². The van der Waals surface area contributed by atoms with Crippen molar-refractivity contribution in [3.8, 4) is 17.0 Å². The zero-order valence-corrected chi connectivity index (χ0v) is 16.2. The fourth-order valence-electron chi connectivity index (χ4n) is 4.69. The first kappa shape index (κ1) is 17.5. The second-order valence-electron chi connectivity index (χ2n) is 8.59. The Morgan fingerprint density at radius 1 is 1.29 bits per heavy atom. The summed E-state index contributed by atoms with van der Waals surface area (Å²) in [5.74, 6) is 0.520. The van der Waals surface area contributed by atoms with Gasteiger partial charge in [-0.05, 0) is 74.1 Å². The third-order valence-electron chi connectivity index (χ3n) is 6.71. The molecule has 2 fully saturated rings. The number of aryl methyl sites for hydroxylation is 1. The molecule has 2 aliphatic carbocycles. The van der Waals surface area contributed by atoms with E-state index < -0.39 is 11.4 Å². The van der Waals surface area contributed by atoms with Gasteiger partial charge in [0, 0.05) is 23.4 Å². The molecule has 0 bridgehead atoms. The molecule has 1 aromatic heterocycles. The predicted molar refractivity (Wildman–Crippen MR) is 106 cm³/mol. The van der Waals surface area contributed by atoms with Crippen LogP contribution in [0.25, 0.3) is 11.3 Å². The van der Waals surface area contributed by atoms with Gasteiger partial charge < -0.3 is 14.4 Å². The molecule has 146 valence electrons. The molecule has 1 aromatic carbocycles. The van der Waals surface area contributed by atoms with E-state index in [2.05, 4.69) is 23.6 Å². The lowest BCUT2D eigenvalue weighted by molar-refractivity contribution is 0.0691. The van der Waals surface area contributed by atoms with E-state index >= 15 is 0 Å². The van der Waals surface area contributed by atoms with Crippen LogP contribution >= 0.6 is 0 Å². The van der Waals surface area contributed by atoms with Gasteiger partial charge in [-0.2, -0.15) is 0 Å². The van der Waals surface area contributed by atoms with Gasteiger partial charge in [0.2, 0.25) is 0 Å². The SMILES string of the molecule is CCc1cc2c(cc1OCC1CC1)CC1(CCC1)n1cc(C(=O)O)c(=O)cc1-2. The largest absolute Gasteiger partial charge is 0.493 e. The minimum Gasteiger partial charge on any atom is -0.493 e. The van der Waals surface area contributed by atoms with E-state index in [1.807, 2.05) is 0 Å². The molecule has 2 aromatic rings. The Labute approximate surface area is 164 Å². The normalized spacial score (nSPS) is 18.9. The molecule has 1 N–H and O–H groups in total. The number of carboxylic acids is 1. The Balaban J connectivity index is 1.66. The van der Waals surface area contributed by atoms with Crippen molar-refractivity contribution in [2.75, 3.05) is 6.61 Å². The standard InChI is InChI=1S/C23H25NO4/c1-2-15-8-17-16(9-21(15)28-13-14-4-5-14)11-23(6-3-7-23)24-12-18(22(26)27)20(25)10-19(17)24/h8-10,12,14H,2-7,11,13H2,1H3,(H,26,27). The quantitative estimate of drug-likeness (QED) is 0.853. The van der Waals surface area contributed by atoms with Gasteiger partial charge in [-0.3, -0.25) is 4.79 Å². The molecule has 0 saturated heterocycles. The van der Waals surface area contributed by atoms with Crippen molar-refractivity contribution in [3.63, 3.8) is 0 Å². The molecule has 0 unspecified atom stereocenters. The fraction of sp³-hybridized carbons (Fsp3) is 0.478. The first-order chi connectivity index (χ1) is 13.5. The molecule has 3 aliphatic rings. The van der Waals surface area contributed by atoms with Crippen molar-refractivity contribution in [2.45, 2.75) is 57.4 Å². The van der Waals surface area contributed by atoms with E-state index in [4.69, 9.17) is 4.74 Å². The van der Waals surface area contributed by atoms with Crippen molar-refractivity contribution in [2.24, 2.45) is 5.92 Å². The van der Waals surface area contributed by atoms with Crippen molar-refractivity contribution >= 4 is 5.97 Å². The van der Waals surface area contributed by atoms with Crippen molar-refractivity contribution in [1.29, 1.82) is 0 Å². The summed E-state index contributed by atoms with van der Waals surface area (Å²) in [6.07, 6.45) is 8.96. The molecule has 1 spiro atoms. The predicted octanol–water partition coefficient (Wildman–Crippen LogP) is 4.00. The average Bonchev–Trinajstić information content (AvgIpc) is 3.47. The van der Waals surface area contributed by atoms with E-state index in [1.165, 1.54) is 24.5 Å². The number of carboxylic acid groups (broad SMARTS) is 1. The van der Waals surface area contributed by atoms with Crippen LogP contribution in [0.2, 0.25) is 0 Å². The number of benzene rings is 1. The molecule has 0 radical (unpaired) electrons. The third-order valence-corrected chi connectivity index (χ3v) is 6.71. The molecule has 2 saturated carbocycles. The molecule has 0 atom stereocenters. The summed E-state index contributed by atoms with van der Waals surface area (Å²) >= 11 is 0. The minimum atomic E-state index is -1.15. The van der Waals surface area contributed by atoms with Crippen molar-refractivity contribution in [3.05, 3.63) is 51.3 Å². The van der Waals surface area contributed by atoms with Crippen LogP contribution in [-0.4, -0.2) is 22.2 Å². The highest BCUT2D eigenvalue weighted by Gasteiger charge is 2.43. The van der Waals surface area contributed by atoms with E-state index in [9.17, 15) is 14.7 Å². The smallest absolute Gasteiger partial charge is 0.341 e. The molecule has 5 rings (SSSR count). The summed E-state index contributed by atoms with van der Waals surface area (Å²) in [6, 6.07) is 5.84. The van der Waals surface area contributed by atoms with E-state index in [0.29, 0.717) is 5.92 Å². The monoisotopic (exact) mass is 379 g/mol. The average molecular weight is 379 g/mol. The summed E-state index contributed by atoms with van der Waals surface area (Å²) < 4.78 is 8.23. The first-order valence-electron chi connectivity index (χ1n) is 10.3. The van der Waals surface area contributed by atoms with Crippen LogP contribution < -0.4 is 10.2 Å². The lowest BCUT2D eigenvalue weighted by Crippen LogP contribution is -2.46. The van der Waals surface area contributed by atoms with Crippen LogP contribution in [0.15, 0.2) is 29.2 Å². The number of aromatic carboxylic acids is 1. The summed E-state index contributed by atoms with van der Waals surface area (Å²) in [5, 5.41) is 9.42. The third kappa shape index (κ3) is 2.67. The van der Waals surface area contributed by atoms with Gasteiger partial charge in [-0.15, -0.1) is 0 Å². The van der Waals surface area contributed by atoms with Gasteiger partial charge in [-0.1, -0.05) is 6.92 Å². The molecular weight excluding hydrogens is 354 g/mol. The number of aromatic nitrogens is 1. The van der Waals surface area contributed by atoms with Gasteiger partial charge >= 0.3 is 5.97 Å². The maximum Gasteiger partial charge on any atom is 0.341 e. The number of ether oxygens (including phenoxy) is 1. The van der Waals surface area contributed by atoms with Gasteiger partial charge in [0.05, 0.1) is 12.3 Å². The van der Waals surface area contributed by atoms with E-state index in [-0.39, 0.29) is 11.1 Å². The van der Waals surface area contributed by atoms with E-state index in [1.54, 1.807) is 6.20 Å². The lowest BCUT2D eigenvalue weighted by Gasteiger charge is -2.49. The Bertz CT molecular complexity index is 1030. The number of fused-ring (bicyclic) bond motifs is 4. The van der Waals surface area contributed by atoms with Crippen LogP contribution in [0, 0.1) is 5.92 Å². The van der Waals surface area contributed by atoms with Crippen molar-refractivity contribution < 1.29 is 14.6 Å². The van der Waals surface area contributed by atoms with Crippen molar-refractivity contribution in [1.82, 2.24) is 4.57 Å². The zero-order chi connectivity index (χ0) is 19.5. The summed E-state index contributed by atoms with van der Waals surface area (Å²) in [5.41, 5.74) is 3.57. The topological polar surface area (TPSA) is 68.5 Å². The molecule has 1 aliphatic heterocycles. The Kier molecular flexibility index (Phi) is 3.90. The Morgan fingerprint density at radius 3 is 2.68 bits per heavy atom. The molecule has 5 nitrogen and oxygen atoms in total. The van der Waals surface area contributed by atoms with Gasteiger partial charge in [0.15, 0.2) is 5.43 Å². The second kappa shape index (κ2) is 6.23. The zero-order valence-electron chi connectivity index (χ0n) is 16.2. The lowest BCUT2D eigenvalue weighted by atomic mass is 9.69. The van der Waals surface area contributed by atoms with E-state index in [0.717, 1.165) is 61.3 Å². The summed E-state index contributed by atoms with van der Waals surface area (Å²) in [4.78, 5) is 24.0. The fourth-order valence-corrected chi connectivity index (χ4v) is 4.69. The molecular formula is C23H25NO4. The summed E-state index contributed by atoms with van der Waals surface area (Å²) in [7, 11) is 0. The maximum absolute atomic E-state index is 12.4. The highest BCUT2D eigenvalue weighted by Crippen LogP contribution is 2.49. The number of hydrogen-bond acceptors (Lipinski definition) is 3. The van der Waals surface area contributed by atoms with Gasteiger partial charge in [-0.25, -0.2) is 4.79 Å². The molecule has 2 heterocycles.